The molecule has 0 aromatic carbocycles. The minimum atomic E-state index is -0.447. The van der Waals surface area contributed by atoms with E-state index in [1.165, 1.54) is 11.3 Å². The second-order valence-corrected chi connectivity index (χ2v) is 7.41. The first kappa shape index (κ1) is 18.4. The van der Waals surface area contributed by atoms with Gasteiger partial charge in [-0.1, -0.05) is 6.07 Å². The maximum atomic E-state index is 12.8. The summed E-state index contributed by atoms with van der Waals surface area (Å²) in [5, 5.41) is 6.44. The van der Waals surface area contributed by atoms with Gasteiger partial charge in [-0.05, 0) is 36.1 Å². The summed E-state index contributed by atoms with van der Waals surface area (Å²) in [6.07, 6.45) is 4.11. The van der Waals surface area contributed by atoms with E-state index in [2.05, 4.69) is 10.1 Å². The van der Waals surface area contributed by atoms with E-state index in [0.29, 0.717) is 36.6 Å². The number of nitrogens with zero attached hydrogens (tertiary/aromatic N) is 4. The van der Waals surface area contributed by atoms with Gasteiger partial charge in [0.1, 0.15) is 0 Å². The number of rotatable bonds is 5. The second kappa shape index (κ2) is 7.93. The van der Waals surface area contributed by atoms with Gasteiger partial charge in [-0.3, -0.25) is 14.5 Å². The molecule has 0 radical (unpaired) electrons. The molecular weight excluding hydrogens is 376 g/mol. The van der Waals surface area contributed by atoms with Gasteiger partial charge in [0.2, 0.25) is 0 Å². The topological polar surface area (TPSA) is 77.3 Å². The van der Waals surface area contributed by atoms with E-state index in [0.717, 1.165) is 16.8 Å². The fourth-order valence-electron chi connectivity index (χ4n) is 3.38. The average Bonchev–Trinajstić information content (AvgIpc) is 3.37. The molecule has 3 aromatic heterocycles. The Morgan fingerprint density at radius 3 is 2.79 bits per heavy atom. The molecule has 0 N–H and O–H groups in total. The summed E-state index contributed by atoms with van der Waals surface area (Å²) in [5.74, 6) is -0.463. The second-order valence-electron chi connectivity index (χ2n) is 6.46. The molecule has 0 saturated heterocycles. The summed E-state index contributed by atoms with van der Waals surface area (Å²) in [6.45, 7) is 3.54. The highest BCUT2D eigenvalue weighted by molar-refractivity contribution is 7.12. The van der Waals surface area contributed by atoms with Gasteiger partial charge < -0.3 is 9.64 Å². The van der Waals surface area contributed by atoms with E-state index in [4.69, 9.17) is 4.74 Å². The molecular formula is C20H20N4O3S. The maximum absolute atomic E-state index is 12.8. The molecule has 0 saturated carbocycles. The summed E-state index contributed by atoms with van der Waals surface area (Å²) in [5.41, 5.74) is 3.11. The van der Waals surface area contributed by atoms with Crippen molar-refractivity contribution < 1.29 is 14.3 Å². The number of carbonyl (C=O) groups is 2. The molecule has 144 valence electrons. The summed E-state index contributed by atoms with van der Waals surface area (Å²) in [4.78, 5) is 31.8. The third-order valence-electron chi connectivity index (χ3n) is 4.70. The smallest absolute Gasteiger partial charge is 0.359 e. The quantitative estimate of drug-likeness (QED) is 0.620. The van der Waals surface area contributed by atoms with E-state index in [1.807, 2.05) is 34.3 Å². The highest BCUT2D eigenvalue weighted by atomic mass is 32.1. The van der Waals surface area contributed by atoms with Gasteiger partial charge in [0.25, 0.3) is 5.91 Å². The number of hydrogen-bond donors (Lipinski definition) is 0. The molecule has 1 aliphatic heterocycles. The predicted molar refractivity (Wildman–Crippen MR) is 104 cm³/mol. The Kier molecular flexibility index (Phi) is 5.21. The highest BCUT2D eigenvalue weighted by Crippen LogP contribution is 2.26. The lowest BCUT2D eigenvalue weighted by atomic mass is 10.0. The van der Waals surface area contributed by atoms with Crippen LogP contribution in [0.4, 0.5) is 0 Å². The molecule has 0 atom stereocenters. The Hall–Kier alpha value is -3.00. The van der Waals surface area contributed by atoms with E-state index in [1.54, 1.807) is 24.2 Å². The SMILES string of the molecule is CCOC(=O)c1nn(Cc2ccncc2)c2c1CN(C(=O)c1cccs1)CC2. The van der Waals surface area contributed by atoms with Gasteiger partial charge in [-0.15, -0.1) is 11.3 Å². The maximum Gasteiger partial charge on any atom is 0.359 e. The van der Waals surface area contributed by atoms with Crippen molar-refractivity contribution in [1.82, 2.24) is 19.7 Å². The molecule has 28 heavy (non-hydrogen) atoms. The minimum Gasteiger partial charge on any atom is -0.461 e. The van der Waals surface area contributed by atoms with Crippen molar-refractivity contribution in [2.45, 2.75) is 26.4 Å². The van der Waals surface area contributed by atoms with E-state index >= 15 is 0 Å². The Bertz CT molecular complexity index is 983. The van der Waals surface area contributed by atoms with Crippen molar-refractivity contribution in [3.63, 3.8) is 0 Å². The number of aromatic nitrogens is 3. The number of carbonyl (C=O) groups excluding carboxylic acids is 2. The zero-order chi connectivity index (χ0) is 19.5. The molecule has 3 aromatic rings. The largest absolute Gasteiger partial charge is 0.461 e. The first-order valence-electron chi connectivity index (χ1n) is 9.14. The van der Waals surface area contributed by atoms with Crippen LogP contribution in [0.2, 0.25) is 0 Å². The van der Waals surface area contributed by atoms with Gasteiger partial charge in [-0.2, -0.15) is 5.10 Å². The van der Waals surface area contributed by atoms with Crippen LogP contribution in [0.3, 0.4) is 0 Å². The molecule has 1 aliphatic rings. The van der Waals surface area contributed by atoms with Gasteiger partial charge in [0.15, 0.2) is 5.69 Å². The lowest BCUT2D eigenvalue weighted by Crippen LogP contribution is -2.36. The van der Waals surface area contributed by atoms with Crippen LogP contribution in [-0.2, 0) is 24.2 Å². The zero-order valence-corrected chi connectivity index (χ0v) is 16.3. The van der Waals surface area contributed by atoms with Crippen LogP contribution < -0.4 is 0 Å². The number of thiophene rings is 1. The average molecular weight is 396 g/mol. The van der Waals surface area contributed by atoms with E-state index in [9.17, 15) is 9.59 Å². The van der Waals surface area contributed by atoms with E-state index < -0.39 is 5.97 Å². The molecule has 4 heterocycles. The normalized spacial score (nSPS) is 13.2. The van der Waals surface area contributed by atoms with Gasteiger partial charge in [0.05, 0.1) is 24.6 Å². The van der Waals surface area contributed by atoms with Crippen LogP contribution in [0.5, 0.6) is 0 Å². The Labute approximate surface area is 166 Å². The van der Waals surface area contributed by atoms with Crippen LogP contribution in [0.15, 0.2) is 42.0 Å². The molecule has 1 amide bonds. The summed E-state index contributed by atoms with van der Waals surface area (Å²) in [7, 11) is 0. The molecule has 4 rings (SSSR count). The minimum absolute atomic E-state index is 0.0163. The number of esters is 1. The molecule has 0 unspecified atom stereocenters. The third-order valence-corrected chi connectivity index (χ3v) is 5.56. The molecule has 0 fully saturated rings. The Balaban J connectivity index is 1.66. The third kappa shape index (κ3) is 3.55. The van der Waals surface area contributed by atoms with Crippen molar-refractivity contribution >= 4 is 23.2 Å². The molecule has 0 aliphatic carbocycles. The fourth-order valence-corrected chi connectivity index (χ4v) is 4.07. The lowest BCUT2D eigenvalue weighted by molar-refractivity contribution is 0.0513. The Morgan fingerprint density at radius 2 is 2.07 bits per heavy atom. The van der Waals surface area contributed by atoms with Crippen molar-refractivity contribution in [2.24, 2.45) is 0 Å². The summed E-state index contributed by atoms with van der Waals surface area (Å²) < 4.78 is 7.05. The van der Waals surface area contributed by atoms with Crippen LogP contribution in [0.25, 0.3) is 0 Å². The highest BCUT2D eigenvalue weighted by Gasteiger charge is 2.31. The van der Waals surface area contributed by atoms with Gasteiger partial charge in [0, 0.05) is 36.6 Å². The molecule has 0 bridgehead atoms. The van der Waals surface area contributed by atoms with Crippen LogP contribution in [-0.4, -0.2) is 44.7 Å². The zero-order valence-electron chi connectivity index (χ0n) is 15.5. The van der Waals surface area contributed by atoms with Crippen molar-refractivity contribution in [2.75, 3.05) is 13.2 Å². The number of ether oxygens (including phenoxy) is 1. The molecule has 0 spiro atoms. The predicted octanol–water partition coefficient (Wildman–Crippen LogP) is 2.76. The van der Waals surface area contributed by atoms with E-state index in [-0.39, 0.29) is 12.5 Å². The van der Waals surface area contributed by atoms with Crippen LogP contribution in [0, 0.1) is 0 Å². The van der Waals surface area contributed by atoms with Gasteiger partial charge >= 0.3 is 5.97 Å². The van der Waals surface area contributed by atoms with Crippen molar-refractivity contribution in [3.8, 4) is 0 Å². The lowest BCUT2D eigenvalue weighted by Gasteiger charge is -2.27. The fraction of sp³-hybridized carbons (Fsp3) is 0.300. The van der Waals surface area contributed by atoms with Crippen molar-refractivity contribution in [3.05, 3.63) is 69.4 Å². The Morgan fingerprint density at radius 1 is 1.25 bits per heavy atom. The first-order chi connectivity index (χ1) is 13.7. The molecule has 8 heteroatoms. The number of pyridine rings is 1. The van der Waals surface area contributed by atoms with Crippen LogP contribution in [0.1, 0.15) is 43.9 Å². The number of fused-ring (bicyclic) bond motifs is 1. The number of amides is 1. The standard InChI is InChI=1S/C20H20N4O3S/c1-2-27-20(26)18-15-13-23(19(25)17-4-3-11-28-17)10-7-16(15)24(22-18)12-14-5-8-21-9-6-14/h3-6,8-9,11H,2,7,10,12-13H2,1H3. The molecule has 7 nitrogen and oxygen atoms in total. The van der Waals surface area contributed by atoms with Crippen molar-refractivity contribution in [1.29, 1.82) is 0 Å². The van der Waals surface area contributed by atoms with Gasteiger partial charge in [-0.25, -0.2) is 4.79 Å². The first-order valence-corrected chi connectivity index (χ1v) is 10.0. The summed E-state index contributed by atoms with van der Waals surface area (Å²) >= 11 is 1.42. The van der Waals surface area contributed by atoms with Crippen LogP contribution >= 0.6 is 11.3 Å². The number of hydrogen-bond acceptors (Lipinski definition) is 6. The monoisotopic (exact) mass is 396 g/mol. The summed E-state index contributed by atoms with van der Waals surface area (Å²) in [6, 6.07) is 7.53.